The lowest BCUT2D eigenvalue weighted by atomic mass is 10.0. The quantitative estimate of drug-likeness (QED) is 0.762. The fraction of sp³-hybridized carbons (Fsp3) is 0.500. The molecule has 1 aliphatic heterocycles. The second kappa shape index (κ2) is 7.04. The normalized spacial score (nSPS) is 18.2. The first-order valence-corrected chi connectivity index (χ1v) is 8.80. The Morgan fingerprint density at radius 3 is 2.64 bits per heavy atom. The molecule has 7 heteroatoms. The third kappa shape index (κ3) is 4.31. The van der Waals surface area contributed by atoms with E-state index in [4.69, 9.17) is 20.8 Å². The average Bonchev–Trinajstić information content (AvgIpc) is 3.04. The van der Waals surface area contributed by atoms with E-state index in [2.05, 4.69) is 10.2 Å². The van der Waals surface area contributed by atoms with E-state index in [0.717, 1.165) is 24.8 Å². The zero-order valence-corrected chi connectivity index (χ0v) is 15.4. The molecule has 0 bridgehead atoms. The van der Waals surface area contributed by atoms with Gasteiger partial charge in [-0.05, 0) is 64.3 Å². The SMILES string of the molecule is CC(C)(C)OC(=O)N1CCCC[C@@H]1c1nnc(-c2ccc(Cl)cc2)o1. The lowest BCUT2D eigenvalue weighted by Gasteiger charge is -2.34. The molecule has 0 aliphatic carbocycles. The molecule has 0 radical (unpaired) electrons. The Kier molecular flexibility index (Phi) is 4.99. The van der Waals surface area contributed by atoms with Crippen LogP contribution in [0.2, 0.25) is 5.02 Å². The van der Waals surface area contributed by atoms with Crippen molar-refractivity contribution < 1.29 is 13.9 Å². The number of nitrogens with zero attached hydrogens (tertiary/aromatic N) is 3. The topological polar surface area (TPSA) is 68.5 Å². The first kappa shape index (κ1) is 17.7. The van der Waals surface area contributed by atoms with Crippen molar-refractivity contribution in [2.75, 3.05) is 6.54 Å². The highest BCUT2D eigenvalue weighted by Crippen LogP contribution is 2.33. The van der Waals surface area contributed by atoms with Crippen LogP contribution in [0.15, 0.2) is 28.7 Å². The minimum atomic E-state index is -0.539. The van der Waals surface area contributed by atoms with Crippen molar-refractivity contribution in [1.29, 1.82) is 0 Å². The van der Waals surface area contributed by atoms with Crippen molar-refractivity contribution >= 4 is 17.7 Å². The molecule has 3 rings (SSSR count). The van der Waals surface area contributed by atoms with Gasteiger partial charge in [0.25, 0.3) is 0 Å². The van der Waals surface area contributed by atoms with Crippen molar-refractivity contribution in [3.05, 3.63) is 35.2 Å². The van der Waals surface area contributed by atoms with Crippen LogP contribution in [0.4, 0.5) is 4.79 Å². The summed E-state index contributed by atoms with van der Waals surface area (Å²) in [6.07, 6.45) is 2.38. The van der Waals surface area contributed by atoms with E-state index in [1.165, 1.54) is 0 Å². The van der Waals surface area contributed by atoms with Gasteiger partial charge < -0.3 is 9.15 Å². The van der Waals surface area contributed by atoms with Crippen LogP contribution in [-0.2, 0) is 4.74 Å². The highest BCUT2D eigenvalue weighted by atomic mass is 35.5. The van der Waals surface area contributed by atoms with Crippen molar-refractivity contribution in [1.82, 2.24) is 15.1 Å². The molecule has 134 valence electrons. The Bertz CT molecular complexity index is 737. The van der Waals surface area contributed by atoms with E-state index >= 15 is 0 Å². The monoisotopic (exact) mass is 363 g/mol. The zero-order valence-electron chi connectivity index (χ0n) is 14.7. The van der Waals surface area contributed by atoms with Crippen LogP contribution >= 0.6 is 11.6 Å². The molecular weight excluding hydrogens is 342 g/mol. The van der Waals surface area contributed by atoms with Gasteiger partial charge in [0.1, 0.15) is 11.6 Å². The summed E-state index contributed by atoms with van der Waals surface area (Å²) in [5.41, 5.74) is 0.255. The summed E-state index contributed by atoms with van der Waals surface area (Å²) in [6.45, 7) is 6.19. The van der Waals surface area contributed by atoms with Crippen LogP contribution in [0.1, 0.15) is 52.0 Å². The van der Waals surface area contributed by atoms with Crippen LogP contribution in [0, 0.1) is 0 Å². The van der Waals surface area contributed by atoms with E-state index < -0.39 is 5.60 Å². The molecule has 0 N–H and O–H groups in total. The summed E-state index contributed by atoms with van der Waals surface area (Å²) in [4.78, 5) is 14.2. The molecule has 2 aromatic rings. The van der Waals surface area contributed by atoms with E-state index in [0.29, 0.717) is 23.3 Å². The maximum absolute atomic E-state index is 12.5. The zero-order chi connectivity index (χ0) is 18.0. The summed E-state index contributed by atoms with van der Waals surface area (Å²) in [6, 6.07) is 6.94. The largest absolute Gasteiger partial charge is 0.444 e. The third-order valence-corrected chi connectivity index (χ3v) is 4.20. The molecule has 2 heterocycles. The van der Waals surface area contributed by atoms with Gasteiger partial charge in [-0.25, -0.2) is 4.79 Å². The van der Waals surface area contributed by atoms with Gasteiger partial charge in [-0.1, -0.05) is 11.6 Å². The highest BCUT2D eigenvalue weighted by molar-refractivity contribution is 6.30. The Morgan fingerprint density at radius 2 is 1.96 bits per heavy atom. The minimum Gasteiger partial charge on any atom is -0.444 e. The smallest absolute Gasteiger partial charge is 0.410 e. The molecule has 6 nitrogen and oxygen atoms in total. The standard InChI is InChI=1S/C18H22ClN3O3/c1-18(2,3)25-17(23)22-11-5-4-6-14(22)16-21-20-15(24-16)12-7-9-13(19)10-8-12/h7-10,14H,4-6,11H2,1-3H3/t14-/m1/s1. The number of carbonyl (C=O) groups excluding carboxylic acids is 1. The molecule has 1 amide bonds. The van der Waals surface area contributed by atoms with Gasteiger partial charge in [-0.3, -0.25) is 4.90 Å². The number of likely N-dealkylation sites (tertiary alicyclic amines) is 1. The predicted octanol–water partition coefficient (Wildman–Crippen LogP) is 4.85. The Labute approximate surface area is 152 Å². The molecule has 0 spiro atoms. The first-order valence-electron chi connectivity index (χ1n) is 8.42. The number of rotatable bonds is 2. The number of ether oxygens (including phenoxy) is 1. The number of halogens is 1. The van der Waals surface area contributed by atoms with E-state index in [1.807, 2.05) is 32.9 Å². The van der Waals surface area contributed by atoms with Crippen LogP contribution < -0.4 is 0 Å². The van der Waals surface area contributed by atoms with Gasteiger partial charge in [0.15, 0.2) is 0 Å². The number of carbonyl (C=O) groups is 1. The number of benzene rings is 1. The lowest BCUT2D eigenvalue weighted by molar-refractivity contribution is 0.00615. The molecule has 1 aliphatic rings. The molecule has 1 atom stereocenters. The molecule has 0 unspecified atom stereocenters. The number of hydrogen-bond donors (Lipinski definition) is 0. The molecule has 1 fully saturated rings. The van der Waals surface area contributed by atoms with Crippen LogP contribution in [0.3, 0.4) is 0 Å². The van der Waals surface area contributed by atoms with Crippen molar-refractivity contribution in [3.63, 3.8) is 0 Å². The second-order valence-corrected chi connectivity index (χ2v) is 7.57. The fourth-order valence-corrected chi connectivity index (χ4v) is 2.93. The van der Waals surface area contributed by atoms with E-state index in [9.17, 15) is 4.79 Å². The van der Waals surface area contributed by atoms with Crippen molar-refractivity contribution in [2.45, 2.75) is 51.7 Å². The fourth-order valence-electron chi connectivity index (χ4n) is 2.81. The van der Waals surface area contributed by atoms with Gasteiger partial charge in [-0.15, -0.1) is 10.2 Å². The van der Waals surface area contributed by atoms with Gasteiger partial charge in [-0.2, -0.15) is 0 Å². The number of aromatic nitrogens is 2. The maximum atomic E-state index is 12.5. The first-order chi connectivity index (χ1) is 11.8. The van der Waals surface area contributed by atoms with Crippen LogP contribution in [-0.4, -0.2) is 33.3 Å². The van der Waals surface area contributed by atoms with Gasteiger partial charge in [0.05, 0.1) is 0 Å². The Balaban J connectivity index is 1.81. The summed E-state index contributed by atoms with van der Waals surface area (Å²) < 4.78 is 11.4. The average molecular weight is 364 g/mol. The minimum absolute atomic E-state index is 0.253. The van der Waals surface area contributed by atoms with Gasteiger partial charge >= 0.3 is 6.09 Å². The van der Waals surface area contributed by atoms with Crippen LogP contribution in [0.25, 0.3) is 11.5 Å². The third-order valence-electron chi connectivity index (χ3n) is 3.95. The van der Waals surface area contributed by atoms with Crippen molar-refractivity contribution in [2.24, 2.45) is 0 Å². The summed E-state index contributed by atoms with van der Waals surface area (Å²) in [5, 5.41) is 8.94. The molecule has 0 saturated carbocycles. The predicted molar refractivity (Wildman–Crippen MR) is 94.3 cm³/mol. The van der Waals surface area contributed by atoms with E-state index in [-0.39, 0.29) is 12.1 Å². The molecular formula is C18H22ClN3O3. The summed E-state index contributed by atoms with van der Waals surface area (Å²) in [7, 11) is 0. The molecule has 1 aromatic carbocycles. The molecule has 25 heavy (non-hydrogen) atoms. The molecule has 1 saturated heterocycles. The molecule has 1 aromatic heterocycles. The van der Waals surface area contributed by atoms with Gasteiger partial charge in [0, 0.05) is 17.1 Å². The van der Waals surface area contributed by atoms with Crippen molar-refractivity contribution in [3.8, 4) is 11.5 Å². The number of piperidine rings is 1. The number of amides is 1. The Morgan fingerprint density at radius 1 is 1.24 bits per heavy atom. The second-order valence-electron chi connectivity index (χ2n) is 7.14. The van der Waals surface area contributed by atoms with Crippen LogP contribution in [0.5, 0.6) is 0 Å². The lowest BCUT2D eigenvalue weighted by Crippen LogP contribution is -2.42. The Hall–Kier alpha value is -2.08. The van der Waals surface area contributed by atoms with E-state index in [1.54, 1.807) is 17.0 Å². The maximum Gasteiger partial charge on any atom is 0.410 e. The summed E-state index contributed by atoms with van der Waals surface area (Å²) >= 11 is 5.91. The number of hydrogen-bond acceptors (Lipinski definition) is 5. The highest BCUT2D eigenvalue weighted by Gasteiger charge is 2.34. The summed E-state index contributed by atoms with van der Waals surface area (Å²) in [5.74, 6) is 0.858. The van der Waals surface area contributed by atoms with Gasteiger partial charge in [0.2, 0.25) is 11.8 Å².